The number of unbranched alkanes of at least 4 members (excludes halogenated alkanes) is 13. The second-order valence-electron chi connectivity index (χ2n) is 16.5. The van der Waals surface area contributed by atoms with E-state index in [0.717, 1.165) is 89.9 Å². The molecule has 0 rings (SSSR count). The minimum atomic E-state index is -0.817. The van der Waals surface area contributed by atoms with Crippen molar-refractivity contribution in [2.75, 3.05) is 6.61 Å². The first-order chi connectivity index (χ1) is 30.5. The molecule has 0 aromatic heterocycles. The lowest BCUT2D eigenvalue weighted by Gasteiger charge is -2.24. The van der Waals surface area contributed by atoms with Crippen molar-refractivity contribution in [1.29, 1.82) is 0 Å². The van der Waals surface area contributed by atoms with Gasteiger partial charge in [0.25, 0.3) is 0 Å². The molecule has 1 amide bonds. The van der Waals surface area contributed by atoms with Crippen LogP contribution in [0.4, 0.5) is 0 Å². The van der Waals surface area contributed by atoms with Crippen LogP contribution in [0.3, 0.4) is 0 Å². The van der Waals surface area contributed by atoms with Gasteiger partial charge in [-0.25, -0.2) is 0 Å². The molecule has 352 valence electrons. The van der Waals surface area contributed by atoms with Crippen molar-refractivity contribution in [2.24, 2.45) is 0 Å². The second kappa shape index (κ2) is 48.6. The first-order valence-electron chi connectivity index (χ1n) is 25.1. The van der Waals surface area contributed by atoms with Gasteiger partial charge in [-0.2, -0.15) is 0 Å². The number of nitrogens with one attached hydrogen (secondary N) is 1. The third-order valence-corrected chi connectivity index (χ3v) is 10.6. The fraction of sp³-hybridized carbons (Fsp3) is 0.643. The standard InChI is InChI=1S/C56H93NO5/c1-4-7-10-13-16-19-21-23-25-27-29-31-33-36-38-41-44-47-52(50-55(60)57-53(51-58)54(59)48-45-42-39-35-18-15-12-9-6-3)62-56(61)49-46-43-40-37-34-32-30-28-26-24-22-20-17-14-11-8-5-2/h8,11,16-17,19-20,23-26,29-32,36-38,40,52-54,58-59H,4-7,9-10,12-15,18,21-22,27-28,33-35,39,41-51H2,1-3H3,(H,57,60)/b11-8-,19-16-,20-17-,25-23-,26-24-,31-29-,32-30-,38-36-,40-37-. The summed E-state index contributed by atoms with van der Waals surface area (Å²) >= 11 is 0. The summed E-state index contributed by atoms with van der Waals surface area (Å²) in [6, 6.07) is -0.736. The summed E-state index contributed by atoms with van der Waals surface area (Å²) in [6.07, 6.45) is 65.8. The van der Waals surface area contributed by atoms with Crippen molar-refractivity contribution in [3.05, 3.63) is 109 Å². The molecule has 0 saturated heterocycles. The quantitative estimate of drug-likeness (QED) is 0.0322. The van der Waals surface area contributed by atoms with E-state index in [2.05, 4.69) is 135 Å². The molecule has 62 heavy (non-hydrogen) atoms. The Morgan fingerprint density at radius 2 is 0.887 bits per heavy atom. The molecule has 6 nitrogen and oxygen atoms in total. The largest absolute Gasteiger partial charge is 0.462 e. The van der Waals surface area contributed by atoms with Gasteiger partial charge in [0.05, 0.1) is 25.2 Å². The number of allylic oxidation sites excluding steroid dienone is 18. The third kappa shape index (κ3) is 43.2. The summed E-state index contributed by atoms with van der Waals surface area (Å²) in [5.41, 5.74) is 0. The molecule has 0 aromatic carbocycles. The number of hydrogen-bond acceptors (Lipinski definition) is 5. The number of hydrogen-bond donors (Lipinski definition) is 3. The van der Waals surface area contributed by atoms with Gasteiger partial charge in [-0.05, 0) is 103 Å². The van der Waals surface area contributed by atoms with Crippen LogP contribution in [-0.2, 0) is 14.3 Å². The summed E-state index contributed by atoms with van der Waals surface area (Å²) in [4.78, 5) is 26.1. The van der Waals surface area contributed by atoms with Crippen LogP contribution in [0.25, 0.3) is 0 Å². The topological polar surface area (TPSA) is 95.9 Å². The predicted octanol–water partition coefficient (Wildman–Crippen LogP) is 15.1. The van der Waals surface area contributed by atoms with E-state index in [0.29, 0.717) is 25.7 Å². The van der Waals surface area contributed by atoms with Gasteiger partial charge in [0.2, 0.25) is 5.91 Å². The van der Waals surface area contributed by atoms with Crippen LogP contribution in [0.15, 0.2) is 109 Å². The van der Waals surface area contributed by atoms with Crippen molar-refractivity contribution in [1.82, 2.24) is 5.32 Å². The van der Waals surface area contributed by atoms with Crippen LogP contribution in [0.5, 0.6) is 0 Å². The molecule has 0 radical (unpaired) electrons. The Morgan fingerprint density at radius 1 is 0.484 bits per heavy atom. The molecule has 3 atom stereocenters. The van der Waals surface area contributed by atoms with Gasteiger partial charge >= 0.3 is 5.97 Å². The van der Waals surface area contributed by atoms with Gasteiger partial charge in [0.1, 0.15) is 6.10 Å². The SMILES string of the molecule is CC/C=C\C/C=C\C/C=C\C/C=C\C/C=C\CCCC(=O)OC(CCC/C=C\C/C=C\C/C=C\C/C=C\CCCCC)CC(=O)NC(CO)C(O)CCCCCCCCCCC. The van der Waals surface area contributed by atoms with Crippen LogP contribution in [0, 0.1) is 0 Å². The van der Waals surface area contributed by atoms with E-state index in [1.165, 1.54) is 64.2 Å². The van der Waals surface area contributed by atoms with Crippen molar-refractivity contribution >= 4 is 11.9 Å². The zero-order valence-corrected chi connectivity index (χ0v) is 40.0. The highest BCUT2D eigenvalue weighted by molar-refractivity contribution is 5.77. The number of amides is 1. The molecule has 0 aliphatic carbocycles. The maximum atomic E-state index is 13.2. The van der Waals surface area contributed by atoms with E-state index in [-0.39, 0.29) is 24.9 Å². The monoisotopic (exact) mass is 860 g/mol. The molecule has 6 heteroatoms. The molecule has 0 saturated carbocycles. The van der Waals surface area contributed by atoms with E-state index in [1.54, 1.807) is 0 Å². The summed E-state index contributed by atoms with van der Waals surface area (Å²) < 4.78 is 5.87. The Bertz CT molecular complexity index is 1280. The van der Waals surface area contributed by atoms with Crippen LogP contribution in [0.1, 0.15) is 207 Å². The van der Waals surface area contributed by atoms with E-state index >= 15 is 0 Å². The highest BCUT2D eigenvalue weighted by Crippen LogP contribution is 2.15. The zero-order valence-electron chi connectivity index (χ0n) is 40.0. The maximum absolute atomic E-state index is 13.2. The van der Waals surface area contributed by atoms with Gasteiger partial charge in [0, 0.05) is 6.42 Å². The summed E-state index contributed by atoms with van der Waals surface area (Å²) in [5, 5.41) is 23.6. The summed E-state index contributed by atoms with van der Waals surface area (Å²) in [5.74, 6) is -0.610. The lowest BCUT2D eigenvalue weighted by molar-refractivity contribution is -0.151. The third-order valence-electron chi connectivity index (χ3n) is 10.6. The van der Waals surface area contributed by atoms with E-state index in [1.807, 2.05) is 0 Å². The van der Waals surface area contributed by atoms with E-state index in [4.69, 9.17) is 4.74 Å². The first-order valence-corrected chi connectivity index (χ1v) is 25.1. The first kappa shape index (κ1) is 58.5. The number of ether oxygens (including phenoxy) is 1. The van der Waals surface area contributed by atoms with Crippen LogP contribution in [0.2, 0.25) is 0 Å². The number of carbonyl (C=O) groups excluding carboxylic acids is 2. The summed E-state index contributed by atoms with van der Waals surface area (Å²) in [7, 11) is 0. The Morgan fingerprint density at radius 3 is 1.35 bits per heavy atom. The Kier molecular flexibility index (Phi) is 45.8. The lowest BCUT2D eigenvalue weighted by Crippen LogP contribution is -2.46. The fourth-order valence-electron chi connectivity index (χ4n) is 6.81. The molecule has 0 fully saturated rings. The fourth-order valence-corrected chi connectivity index (χ4v) is 6.81. The highest BCUT2D eigenvalue weighted by atomic mass is 16.5. The highest BCUT2D eigenvalue weighted by Gasteiger charge is 2.24. The van der Waals surface area contributed by atoms with Gasteiger partial charge < -0.3 is 20.3 Å². The average molecular weight is 860 g/mol. The molecule has 0 aromatic rings. The second-order valence-corrected chi connectivity index (χ2v) is 16.5. The number of aliphatic hydroxyl groups excluding tert-OH is 2. The Balaban J connectivity index is 4.82. The predicted molar refractivity (Wildman–Crippen MR) is 268 cm³/mol. The molecule has 3 N–H and O–H groups in total. The molecular weight excluding hydrogens is 767 g/mol. The van der Waals surface area contributed by atoms with Crippen molar-refractivity contribution in [3.63, 3.8) is 0 Å². The van der Waals surface area contributed by atoms with Crippen LogP contribution < -0.4 is 5.32 Å². The number of rotatable bonds is 43. The smallest absolute Gasteiger partial charge is 0.306 e. The van der Waals surface area contributed by atoms with Crippen molar-refractivity contribution < 1.29 is 24.5 Å². The number of esters is 1. The molecule has 3 unspecified atom stereocenters. The Labute approximate surface area is 381 Å². The number of carbonyl (C=O) groups is 2. The minimum absolute atomic E-state index is 0.0103. The van der Waals surface area contributed by atoms with E-state index in [9.17, 15) is 19.8 Å². The minimum Gasteiger partial charge on any atom is -0.462 e. The number of aliphatic hydroxyl groups is 2. The summed E-state index contributed by atoms with van der Waals surface area (Å²) in [6.45, 7) is 6.27. The molecular formula is C56H93NO5. The molecule has 0 bridgehead atoms. The molecule has 0 aliphatic rings. The molecule has 0 spiro atoms. The lowest BCUT2D eigenvalue weighted by atomic mass is 10.0. The van der Waals surface area contributed by atoms with Crippen LogP contribution in [-0.4, -0.2) is 46.9 Å². The van der Waals surface area contributed by atoms with Crippen molar-refractivity contribution in [3.8, 4) is 0 Å². The molecule has 0 heterocycles. The maximum Gasteiger partial charge on any atom is 0.306 e. The van der Waals surface area contributed by atoms with E-state index < -0.39 is 18.2 Å². The van der Waals surface area contributed by atoms with Gasteiger partial charge in [0.15, 0.2) is 0 Å². The molecule has 0 aliphatic heterocycles. The van der Waals surface area contributed by atoms with Gasteiger partial charge in [-0.15, -0.1) is 0 Å². The van der Waals surface area contributed by atoms with Gasteiger partial charge in [-0.3, -0.25) is 9.59 Å². The zero-order chi connectivity index (χ0) is 45.2. The normalized spacial score (nSPS) is 14.2. The van der Waals surface area contributed by atoms with Crippen LogP contribution >= 0.6 is 0 Å². The average Bonchev–Trinajstić information content (AvgIpc) is 3.26. The van der Waals surface area contributed by atoms with Crippen molar-refractivity contribution in [2.45, 2.75) is 225 Å². The Hall–Kier alpha value is -3.48. The van der Waals surface area contributed by atoms with Gasteiger partial charge in [-0.1, -0.05) is 201 Å².